The second-order valence-electron chi connectivity index (χ2n) is 9.32. The molecule has 0 bridgehead atoms. The van der Waals surface area contributed by atoms with Crippen molar-refractivity contribution in [2.24, 2.45) is 0 Å². The van der Waals surface area contributed by atoms with Crippen molar-refractivity contribution in [3.8, 4) is 16.8 Å². The fourth-order valence-corrected chi connectivity index (χ4v) is 5.84. The van der Waals surface area contributed by atoms with E-state index in [4.69, 9.17) is 4.42 Å². The molecule has 0 atom stereocenters. The van der Waals surface area contributed by atoms with Crippen LogP contribution in [0, 0.1) is 0 Å². The number of aromatic nitrogens is 2. The molecule has 0 aliphatic heterocycles. The Labute approximate surface area is 211 Å². The molecule has 0 radical (unpaired) electrons. The summed E-state index contributed by atoms with van der Waals surface area (Å²) >= 11 is 0. The molecule has 3 heterocycles. The largest absolute Gasteiger partial charge is 0.456 e. The number of para-hydroxylation sites is 5. The first-order valence-corrected chi connectivity index (χ1v) is 12.3. The Kier molecular flexibility index (Phi) is 4.06. The minimum atomic E-state index is -0.0547. The lowest BCUT2D eigenvalue weighted by Crippen LogP contribution is -2.21. The third-order valence-corrected chi connectivity index (χ3v) is 7.33. The van der Waals surface area contributed by atoms with Crippen LogP contribution in [-0.2, 0) is 0 Å². The van der Waals surface area contributed by atoms with Crippen LogP contribution >= 0.6 is 0 Å². The molecule has 0 aliphatic rings. The minimum Gasteiger partial charge on any atom is -0.456 e. The average molecular weight is 477 g/mol. The Morgan fingerprint density at radius 2 is 1.19 bits per heavy atom. The van der Waals surface area contributed by atoms with Crippen molar-refractivity contribution < 1.29 is 4.42 Å². The summed E-state index contributed by atoms with van der Waals surface area (Å²) in [5.74, 6) is 0. The zero-order chi connectivity index (χ0) is 24.5. The molecule has 0 fully saturated rings. The van der Waals surface area contributed by atoms with Crippen LogP contribution in [0.2, 0.25) is 0 Å². The van der Waals surface area contributed by atoms with E-state index in [0.29, 0.717) is 5.52 Å². The number of hydrogen-bond acceptors (Lipinski definition) is 2. The van der Waals surface area contributed by atoms with Crippen molar-refractivity contribution in [2.45, 2.75) is 0 Å². The van der Waals surface area contributed by atoms with Gasteiger partial charge in [-0.05, 0) is 48.0 Å². The number of rotatable bonds is 2. The van der Waals surface area contributed by atoms with Gasteiger partial charge in [0.05, 0.1) is 16.6 Å². The molecule has 0 amide bonds. The maximum Gasteiger partial charge on any atom is 0.280 e. The van der Waals surface area contributed by atoms with Crippen LogP contribution < -0.4 is 5.56 Å². The van der Waals surface area contributed by atoms with E-state index in [2.05, 4.69) is 34.7 Å². The van der Waals surface area contributed by atoms with Gasteiger partial charge >= 0.3 is 0 Å². The Hall–Kier alpha value is -5.09. The summed E-state index contributed by atoms with van der Waals surface area (Å²) in [6, 6.07) is 40.5. The van der Waals surface area contributed by atoms with Gasteiger partial charge in [0.1, 0.15) is 16.7 Å². The maximum atomic E-state index is 14.6. The molecule has 0 unspecified atom stereocenters. The van der Waals surface area contributed by atoms with Gasteiger partial charge in [-0.1, -0.05) is 78.9 Å². The SMILES string of the molecule is O=c1c2c(-c3cccc4oc5ccccc5c34)c3ccccc3n2c2ccccc2n1-c1ccccc1. The third kappa shape index (κ3) is 2.69. The Bertz CT molecular complexity index is 2220. The molecule has 0 saturated carbocycles. The highest BCUT2D eigenvalue weighted by molar-refractivity contribution is 6.19. The monoisotopic (exact) mass is 476 g/mol. The molecule has 4 nitrogen and oxygen atoms in total. The second kappa shape index (κ2) is 7.45. The lowest BCUT2D eigenvalue weighted by Gasteiger charge is -2.14. The quantitative estimate of drug-likeness (QED) is 0.254. The first-order chi connectivity index (χ1) is 18.3. The highest BCUT2D eigenvalue weighted by Crippen LogP contribution is 2.42. The fraction of sp³-hybridized carbons (Fsp3) is 0. The highest BCUT2D eigenvalue weighted by Gasteiger charge is 2.23. The number of hydrogen-bond donors (Lipinski definition) is 0. The molecule has 3 aromatic heterocycles. The first kappa shape index (κ1) is 20.1. The summed E-state index contributed by atoms with van der Waals surface area (Å²) in [5, 5.41) is 3.10. The van der Waals surface area contributed by atoms with Crippen molar-refractivity contribution in [1.82, 2.24) is 8.97 Å². The van der Waals surface area contributed by atoms with Gasteiger partial charge in [0.15, 0.2) is 0 Å². The van der Waals surface area contributed by atoms with E-state index in [1.54, 1.807) is 0 Å². The first-order valence-electron chi connectivity index (χ1n) is 12.3. The highest BCUT2D eigenvalue weighted by atomic mass is 16.3. The topological polar surface area (TPSA) is 39.6 Å². The number of furan rings is 1. The molecule has 8 rings (SSSR count). The van der Waals surface area contributed by atoms with Crippen LogP contribution in [0.25, 0.3) is 66.2 Å². The minimum absolute atomic E-state index is 0.0547. The van der Waals surface area contributed by atoms with Crippen molar-refractivity contribution >= 4 is 49.4 Å². The van der Waals surface area contributed by atoms with Crippen LogP contribution in [0.1, 0.15) is 0 Å². The molecule has 0 N–H and O–H groups in total. The zero-order valence-electron chi connectivity index (χ0n) is 19.8. The van der Waals surface area contributed by atoms with E-state index < -0.39 is 0 Å². The summed E-state index contributed by atoms with van der Waals surface area (Å²) in [6.45, 7) is 0. The van der Waals surface area contributed by atoms with Gasteiger partial charge in [0.2, 0.25) is 0 Å². The van der Waals surface area contributed by atoms with Crippen molar-refractivity contribution in [3.05, 3.63) is 132 Å². The fourth-order valence-electron chi connectivity index (χ4n) is 5.84. The molecular weight excluding hydrogens is 456 g/mol. The molecule has 8 aromatic rings. The number of fused-ring (bicyclic) bond motifs is 8. The second-order valence-corrected chi connectivity index (χ2v) is 9.32. The standard InChI is InChI=1S/C33H20N2O2/c36-33-32-31(24-15-10-20-29-30(24)23-14-5-9-19-28(23)37-29)22-13-4-6-16-25(22)35(32)27-18-8-7-17-26(27)34(33)21-11-2-1-3-12-21/h1-20H. The van der Waals surface area contributed by atoms with Gasteiger partial charge in [-0.2, -0.15) is 0 Å². The zero-order valence-corrected chi connectivity index (χ0v) is 19.8. The molecule has 37 heavy (non-hydrogen) atoms. The molecule has 5 aromatic carbocycles. The van der Waals surface area contributed by atoms with Crippen molar-refractivity contribution in [3.63, 3.8) is 0 Å². The van der Waals surface area contributed by atoms with E-state index in [-0.39, 0.29) is 5.56 Å². The van der Waals surface area contributed by atoms with Gasteiger partial charge in [0, 0.05) is 27.4 Å². The van der Waals surface area contributed by atoms with Crippen LogP contribution in [0.15, 0.2) is 131 Å². The lowest BCUT2D eigenvalue weighted by atomic mass is 9.97. The van der Waals surface area contributed by atoms with Crippen LogP contribution in [-0.4, -0.2) is 8.97 Å². The predicted molar refractivity (Wildman–Crippen MR) is 151 cm³/mol. The van der Waals surface area contributed by atoms with E-state index in [0.717, 1.165) is 60.7 Å². The average Bonchev–Trinajstić information content (AvgIpc) is 3.50. The van der Waals surface area contributed by atoms with Gasteiger partial charge in [-0.3, -0.25) is 9.36 Å². The number of benzene rings is 5. The van der Waals surface area contributed by atoms with Crippen LogP contribution in [0.3, 0.4) is 0 Å². The van der Waals surface area contributed by atoms with E-state index in [1.807, 2.05) is 95.6 Å². The van der Waals surface area contributed by atoms with Gasteiger partial charge in [0.25, 0.3) is 5.56 Å². The van der Waals surface area contributed by atoms with Crippen molar-refractivity contribution in [2.75, 3.05) is 0 Å². The third-order valence-electron chi connectivity index (χ3n) is 7.33. The summed E-state index contributed by atoms with van der Waals surface area (Å²) < 4.78 is 10.2. The van der Waals surface area contributed by atoms with Gasteiger partial charge in [-0.15, -0.1) is 0 Å². The summed E-state index contributed by atoms with van der Waals surface area (Å²) in [4.78, 5) is 14.6. The summed E-state index contributed by atoms with van der Waals surface area (Å²) in [7, 11) is 0. The van der Waals surface area contributed by atoms with Gasteiger partial charge in [-0.25, -0.2) is 0 Å². The molecular formula is C33H20N2O2. The van der Waals surface area contributed by atoms with Gasteiger partial charge < -0.3 is 8.82 Å². The van der Waals surface area contributed by atoms with E-state index in [1.165, 1.54) is 0 Å². The Morgan fingerprint density at radius 3 is 2.03 bits per heavy atom. The smallest absolute Gasteiger partial charge is 0.280 e. The molecule has 0 saturated heterocycles. The van der Waals surface area contributed by atoms with Crippen LogP contribution in [0.5, 0.6) is 0 Å². The summed E-state index contributed by atoms with van der Waals surface area (Å²) in [5.41, 5.74) is 7.86. The normalized spacial score (nSPS) is 11.9. The molecule has 4 heteroatoms. The van der Waals surface area contributed by atoms with Crippen molar-refractivity contribution in [1.29, 1.82) is 0 Å². The Morgan fingerprint density at radius 1 is 0.541 bits per heavy atom. The molecule has 174 valence electrons. The maximum absolute atomic E-state index is 14.6. The van der Waals surface area contributed by atoms with E-state index >= 15 is 0 Å². The van der Waals surface area contributed by atoms with Crippen LogP contribution in [0.4, 0.5) is 0 Å². The molecule has 0 spiro atoms. The Balaban J connectivity index is 1.66. The lowest BCUT2D eigenvalue weighted by molar-refractivity contribution is 0.669. The molecule has 0 aliphatic carbocycles. The predicted octanol–water partition coefficient (Wildman–Crippen LogP) is 7.96. The number of nitrogens with zero attached hydrogens (tertiary/aromatic N) is 2. The van der Waals surface area contributed by atoms with E-state index in [9.17, 15) is 4.79 Å². The summed E-state index contributed by atoms with van der Waals surface area (Å²) in [6.07, 6.45) is 0.